The number of unbranched alkanes of at least 4 members (excludes halogenated alkanes) is 1. The minimum Gasteiger partial charge on any atom is -0.496 e. The quantitative estimate of drug-likeness (QED) is 0.231. The van der Waals surface area contributed by atoms with E-state index < -0.39 is 0 Å². The highest BCUT2D eigenvalue weighted by Crippen LogP contribution is 2.17. The Labute approximate surface area is 206 Å². The molecule has 0 saturated heterocycles. The number of benzene rings is 2. The van der Waals surface area contributed by atoms with Gasteiger partial charge in [0.1, 0.15) is 11.5 Å². The minimum atomic E-state index is 0. The number of ether oxygens (including phenoxy) is 2. The predicted octanol–water partition coefficient (Wildman–Crippen LogP) is 3.74. The first-order valence-electron chi connectivity index (χ1n) is 11.9. The summed E-state index contributed by atoms with van der Waals surface area (Å²) in [5.41, 5.74) is 2.42. The number of nitrogens with one attached hydrogen (secondary N) is 4. The standard InChI is InChI=1S/C26H42N4O2.ClH/c1-31-25-13-5-3-11-23(25)21-29-19-9-17-27-15-7-8-16-28-18-10-20-30-22-24-12-4-6-14-26(24)32-2;/h3-6,11-14,27-30H,7-10,15-22H2,1-2H3;1H. The Bertz CT molecular complexity index is 671. The van der Waals surface area contributed by atoms with E-state index in [0.717, 1.165) is 76.7 Å². The van der Waals surface area contributed by atoms with E-state index in [9.17, 15) is 0 Å². The van der Waals surface area contributed by atoms with E-state index in [1.54, 1.807) is 14.2 Å². The summed E-state index contributed by atoms with van der Waals surface area (Å²) in [5, 5.41) is 14.1. The highest BCUT2D eigenvalue weighted by molar-refractivity contribution is 5.85. The fourth-order valence-corrected chi connectivity index (χ4v) is 3.57. The van der Waals surface area contributed by atoms with Gasteiger partial charge in [0.25, 0.3) is 0 Å². The number of methoxy groups -OCH3 is 2. The average Bonchev–Trinajstić information content (AvgIpc) is 2.84. The molecule has 7 heteroatoms. The largest absolute Gasteiger partial charge is 0.496 e. The zero-order valence-electron chi connectivity index (χ0n) is 20.3. The number of hydrogen-bond donors (Lipinski definition) is 4. The third-order valence-corrected chi connectivity index (χ3v) is 5.39. The van der Waals surface area contributed by atoms with Crippen LogP contribution < -0.4 is 30.7 Å². The van der Waals surface area contributed by atoms with Gasteiger partial charge in [-0.15, -0.1) is 12.4 Å². The number of halogens is 1. The molecule has 2 rings (SSSR count). The van der Waals surface area contributed by atoms with E-state index in [1.807, 2.05) is 24.3 Å². The first-order valence-corrected chi connectivity index (χ1v) is 11.9. The van der Waals surface area contributed by atoms with E-state index in [0.29, 0.717) is 0 Å². The summed E-state index contributed by atoms with van der Waals surface area (Å²) in [6.45, 7) is 8.03. The van der Waals surface area contributed by atoms with Crippen LogP contribution in [0.15, 0.2) is 48.5 Å². The molecule has 4 N–H and O–H groups in total. The van der Waals surface area contributed by atoms with Crippen molar-refractivity contribution in [2.75, 3.05) is 53.5 Å². The maximum absolute atomic E-state index is 5.38. The van der Waals surface area contributed by atoms with Crippen molar-refractivity contribution in [1.82, 2.24) is 21.3 Å². The van der Waals surface area contributed by atoms with Gasteiger partial charge in [-0.2, -0.15) is 0 Å². The number of hydrogen-bond acceptors (Lipinski definition) is 6. The lowest BCUT2D eigenvalue weighted by molar-refractivity contribution is 0.407. The second kappa shape index (κ2) is 19.6. The van der Waals surface area contributed by atoms with Crippen molar-refractivity contribution in [3.05, 3.63) is 59.7 Å². The normalized spacial score (nSPS) is 10.6. The SMILES string of the molecule is COc1ccccc1CNCCCNCCCCNCCCNCc1ccccc1OC.Cl. The molecular formula is C26H43ClN4O2. The summed E-state index contributed by atoms with van der Waals surface area (Å²) in [6, 6.07) is 16.3. The molecule has 0 aliphatic heterocycles. The Kier molecular flexibility index (Phi) is 17.4. The lowest BCUT2D eigenvalue weighted by atomic mass is 10.2. The highest BCUT2D eigenvalue weighted by Gasteiger charge is 2.01. The molecule has 0 aromatic heterocycles. The van der Waals surface area contributed by atoms with Crippen molar-refractivity contribution >= 4 is 12.4 Å². The lowest BCUT2D eigenvalue weighted by Crippen LogP contribution is -2.24. The molecule has 0 heterocycles. The molecule has 2 aromatic carbocycles. The van der Waals surface area contributed by atoms with Gasteiger partial charge in [0.05, 0.1) is 14.2 Å². The van der Waals surface area contributed by atoms with Crippen LogP contribution >= 0.6 is 12.4 Å². The highest BCUT2D eigenvalue weighted by atomic mass is 35.5. The van der Waals surface area contributed by atoms with Gasteiger partial charge in [-0.3, -0.25) is 0 Å². The van der Waals surface area contributed by atoms with Gasteiger partial charge in [0.15, 0.2) is 0 Å². The second-order valence-corrected chi connectivity index (χ2v) is 7.89. The van der Waals surface area contributed by atoms with Gasteiger partial charge in [0, 0.05) is 24.2 Å². The van der Waals surface area contributed by atoms with Crippen LogP contribution in [-0.2, 0) is 13.1 Å². The molecule has 0 saturated carbocycles. The topological polar surface area (TPSA) is 66.6 Å². The Hall–Kier alpha value is -1.83. The van der Waals surface area contributed by atoms with E-state index >= 15 is 0 Å². The van der Waals surface area contributed by atoms with Gasteiger partial charge < -0.3 is 30.7 Å². The van der Waals surface area contributed by atoms with Crippen LogP contribution in [0.25, 0.3) is 0 Å². The van der Waals surface area contributed by atoms with Gasteiger partial charge in [-0.25, -0.2) is 0 Å². The van der Waals surface area contributed by atoms with Crippen LogP contribution in [0.2, 0.25) is 0 Å². The van der Waals surface area contributed by atoms with E-state index in [4.69, 9.17) is 9.47 Å². The molecule has 0 aliphatic carbocycles. The Morgan fingerprint density at radius 3 is 1.30 bits per heavy atom. The zero-order chi connectivity index (χ0) is 22.7. The van der Waals surface area contributed by atoms with Crippen LogP contribution in [0.3, 0.4) is 0 Å². The molecule has 0 radical (unpaired) electrons. The van der Waals surface area contributed by atoms with Crippen molar-refractivity contribution < 1.29 is 9.47 Å². The molecule has 0 unspecified atom stereocenters. The summed E-state index contributed by atoms with van der Waals surface area (Å²) < 4.78 is 10.8. The minimum absolute atomic E-state index is 0. The van der Waals surface area contributed by atoms with Crippen LogP contribution in [0, 0.1) is 0 Å². The summed E-state index contributed by atoms with van der Waals surface area (Å²) in [4.78, 5) is 0. The molecule has 0 atom stereocenters. The van der Waals surface area contributed by atoms with E-state index in [-0.39, 0.29) is 12.4 Å². The molecular weight excluding hydrogens is 436 g/mol. The molecule has 0 amide bonds. The maximum Gasteiger partial charge on any atom is 0.123 e. The van der Waals surface area contributed by atoms with E-state index in [1.165, 1.54) is 24.0 Å². The van der Waals surface area contributed by atoms with Gasteiger partial charge in [-0.1, -0.05) is 36.4 Å². The van der Waals surface area contributed by atoms with Gasteiger partial charge in [0.2, 0.25) is 0 Å². The monoisotopic (exact) mass is 478 g/mol. The molecule has 0 fully saturated rings. The lowest BCUT2D eigenvalue weighted by Gasteiger charge is -2.10. The third-order valence-electron chi connectivity index (χ3n) is 5.39. The van der Waals surface area contributed by atoms with Crippen molar-refractivity contribution in [1.29, 1.82) is 0 Å². The van der Waals surface area contributed by atoms with Crippen molar-refractivity contribution in [3.63, 3.8) is 0 Å². The van der Waals surface area contributed by atoms with Crippen LogP contribution in [0.5, 0.6) is 11.5 Å². The molecule has 0 aliphatic rings. The number of rotatable bonds is 19. The maximum atomic E-state index is 5.38. The molecule has 2 aromatic rings. The van der Waals surface area contributed by atoms with E-state index in [2.05, 4.69) is 45.5 Å². The zero-order valence-corrected chi connectivity index (χ0v) is 21.1. The Morgan fingerprint density at radius 1 is 0.515 bits per heavy atom. The molecule has 33 heavy (non-hydrogen) atoms. The Balaban J connectivity index is 0.00000544. The molecule has 0 spiro atoms. The summed E-state index contributed by atoms with van der Waals surface area (Å²) in [7, 11) is 3.45. The van der Waals surface area contributed by atoms with Crippen LogP contribution in [-0.4, -0.2) is 53.5 Å². The fourth-order valence-electron chi connectivity index (χ4n) is 3.57. The predicted molar refractivity (Wildman–Crippen MR) is 141 cm³/mol. The first kappa shape index (κ1) is 29.2. The van der Waals surface area contributed by atoms with Crippen LogP contribution in [0.1, 0.15) is 36.8 Å². The molecule has 6 nitrogen and oxygen atoms in total. The van der Waals surface area contributed by atoms with Gasteiger partial charge in [-0.05, 0) is 77.1 Å². The summed E-state index contributed by atoms with van der Waals surface area (Å²) in [6.07, 6.45) is 4.70. The fraction of sp³-hybridized carbons (Fsp3) is 0.538. The summed E-state index contributed by atoms with van der Waals surface area (Å²) in [5.74, 6) is 1.91. The third kappa shape index (κ3) is 12.8. The summed E-state index contributed by atoms with van der Waals surface area (Å²) >= 11 is 0. The van der Waals surface area contributed by atoms with Crippen molar-refractivity contribution in [2.45, 2.75) is 38.8 Å². The van der Waals surface area contributed by atoms with Crippen LogP contribution in [0.4, 0.5) is 0 Å². The number of para-hydroxylation sites is 2. The van der Waals surface area contributed by atoms with Gasteiger partial charge >= 0.3 is 0 Å². The van der Waals surface area contributed by atoms with Crippen molar-refractivity contribution in [2.24, 2.45) is 0 Å². The second-order valence-electron chi connectivity index (χ2n) is 7.89. The average molecular weight is 479 g/mol. The molecule has 186 valence electrons. The Morgan fingerprint density at radius 2 is 0.879 bits per heavy atom. The molecule has 0 bridgehead atoms. The first-order chi connectivity index (χ1) is 15.8. The smallest absolute Gasteiger partial charge is 0.123 e. The van der Waals surface area contributed by atoms with Crippen molar-refractivity contribution in [3.8, 4) is 11.5 Å².